The van der Waals surface area contributed by atoms with Gasteiger partial charge in [-0.05, 0) is 31.0 Å². The molecule has 0 radical (unpaired) electrons. The van der Waals surface area contributed by atoms with E-state index in [0.29, 0.717) is 48.6 Å². The van der Waals surface area contributed by atoms with Gasteiger partial charge >= 0.3 is 0 Å². The first-order valence-corrected chi connectivity index (χ1v) is 8.92. The summed E-state index contributed by atoms with van der Waals surface area (Å²) in [6.07, 6.45) is 1.69. The monoisotopic (exact) mass is 361 g/mol. The van der Waals surface area contributed by atoms with Gasteiger partial charge in [0, 0.05) is 29.6 Å². The van der Waals surface area contributed by atoms with Crippen LogP contribution in [0.4, 0.5) is 0 Å². The zero-order valence-corrected chi connectivity index (χ0v) is 14.5. The highest BCUT2D eigenvalue weighted by molar-refractivity contribution is 6.30. The smallest absolute Gasteiger partial charge is 0.271 e. The van der Waals surface area contributed by atoms with Crippen molar-refractivity contribution in [3.63, 3.8) is 0 Å². The molecule has 132 valence electrons. The lowest BCUT2D eigenvalue weighted by Gasteiger charge is -2.33. The summed E-state index contributed by atoms with van der Waals surface area (Å²) in [4.78, 5) is 14.6. The second-order valence-corrected chi connectivity index (χ2v) is 6.85. The van der Waals surface area contributed by atoms with E-state index in [4.69, 9.17) is 21.1 Å². The largest absolute Gasteiger partial charge is 0.350 e. The number of likely N-dealkylation sites (tertiary alicyclic amines) is 1. The molecule has 0 atom stereocenters. The molecular formula is C18H20ClN3O3. The molecule has 25 heavy (non-hydrogen) atoms. The first kappa shape index (κ1) is 16.6. The van der Waals surface area contributed by atoms with Crippen molar-refractivity contribution in [1.82, 2.24) is 15.1 Å². The fourth-order valence-electron chi connectivity index (χ4n) is 3.42. The summed E-state index contributed by atoms with van der Waals surface area (Å²) in [5, 5.41) is 7.75. The standard InChI is InChI=1S/C18H20ClN3O3/c19-14-3-1-2-13(10-14)15-11-16(21-20-15)17(23)22-6-4-12(5-7-22)18-24-8-9-25-18/h1-3,10-12,18H,4-9H2,(H,20,21). The molecule has 1 N–H and O–H groups in total. The summed E-state index contributed by atoms with van der Waals surface area (Å²) in [6.45, 7) is 2.75. The summed E-state index contributed by atoms with van der Waals surface area (Å²) in [5.74, 6) is 0.350. The van der Waals surface area contributed by atoms with Gasteiger partial charge in [-0.15, -0.1) is 0 Å². The Morgan fingerprint density at radius 3 is 2.68 bits per heavy atom. The SMILES string of the molecule is O=C(c1cc(-c2cccc(Cl)c2)n[nH]1)N1CCC(C2OCCO2)CC1. The van der Waals surface area contributed by atoms with E-state index < -0.39 is 0 Å². The van der Waals surface area contributed by atoms with Gasteiger partial charge in [0.15, 0.2) is 6.29 Å². The van der Waals surface area contributed by atoms with Crippen LogP contribution in [-0.2, 0) is 9.47 Å². The predicted octanol–water partition coefficient (Wildman–Crippen LogP) is 2.96. The molecular weight excluding hydrogens is 342 g/mol. The fraction of sp³-hybridized carbons (Fsp3) is 0.444. The van der Waals surface area contributed by atoms with Crippen molar-refractivity contribution in [2.45, 2.75) is 19.1 Å². The quantitative estimate of drug-likeness (QED) is 0.912. The van der Waals surface area contributed by atoms with Crippen molar-refractivity contribution in [3.8, 4) is 11.3 Å². The van der Waals surface area contributed by atoms with Gasteiger partial charge in [-0.3, -0.25) is 9.89 Å². The minimum absolute atomic E-state index is 0.0208. The van der Waals surface area contributed by atoms with Gasteiger partial charge in [-0.25, -0.2) is 0 Å². The maximum Gasteiger partial charge on any atom is 0.271 e. The highest BCUT2D eigenvalue weighted by Gasteiger charge is 2.32. The summed E-state index contributed by atoms with van der Waals surface area (Å²) >= 11 is 6.02. The van der Waals surface area contributed by atoms with E-state index in [1.54, 1.807) is 6.07 Å². The lowest BCUT2D eigenvalue weighted by Crippen LogP contribution is -2.41. The van der Waals surface area contributed by atoms with Crippen molar-refractivity contribution in [2.75, 3.05) is 26.3 Å². The lowest BCUT2D eigenvalue weighted by atomic mass is 9.96. The van der Waals surface area contributed by atoms with Crippen molar-refractivity contribution < 1.29 is 14.3 Å². The third kappa shape index (κ3) is 3.56. The van der Waals surface area contributed by atoms with Crippen LogP contribution in [0, 0.1) is 5.92 Å². The molecule has 1 aromatic heterocycles. The second kappa shape index (κ2) is 7.15. The predicted molar refractivity (Wildman–Crippen MR) is 93.4 cm³/mol. The highest BCUT2D eigenvalue weighted by atomic mass is 35.5. The molecule has 2 fully saturated rings. The van der Waals surface area contributed by atoms with Crippen molar-refractivity contribution >= 4 is 17.5 Å². The van der Waals surface area contributed by atoms with Gasteiger partial charge < -0.3 is 14.4 Å². The van der Waals surface area contributed by atoms with E-state index in [9.17, 15) is 4.79 Å². The Morgan fingerprint density at radius 1 is 1.20 bits per heavy atom. The zero-order chi connectivity index (χ0) is 17.2. The molecule has 2 aliphatic heterocycles. The number of H-pyrrole nitrogens is 1. The number of carbonyl (C=O) groups excluding carboxylic acids is 1. The Kier molecular flexibility index (Phi) is 4.74. The molecule has 0 bridgehead atoms. The molecule has 1 amide bonds. The van der Waals surface area contributed by atoms with Crippen LogP contribution in [0.5, 0.6) is 0 Å². The molecule has 2 aromatic rings. The molecule has 3 heterocycles. The van der Waals surface area contributed by atoms with Gasteiger partial charge in [0.1, 0.15) is 5.69 Å². The number of nitrogens with one attached hydrogen (secondary N) is 1. The average Bonchev–Trinajstić information content (AvgIpc) is 3.33. The number of hydrogen-bond acceptors (Lipinski definition) is 4. The van der Waals surface area contributed by atoms with Crippen molar-refractivity contribution in [1.29, 1.82) is 0 Å². The summed E-state index contributed by atoms with van der Waals surface area (Å²) in [7, 11) is 0. The number of piperidine rings is 1. The Labute approximate surface area is 151 Å². The first-order chi connectivity index (χ1) is 12.2. The molecule has 7 heteroatoms. The molecule has 0 unspecified atom stereocenters. The third-order valence-corrected chi connectivity index (χ3v) is 5.02. The number of carbonyl (C=O) groups is 1. The number of nitrogens with zero attached hydrogens (tertiary/aromatic N) is 2. The Hall–Kier alpha value is -1.89. The van der Waals surface area contributed by atoms with Crippen LogP contribution < -0.4 is 0 Å². The summed E-state index contributed by atoms with van der Waals surface area (Å²) < 4.78 is 11.2. The number of ether oxygens (including phenoxy) is 2. The van der Waals surface area contributed by atoms with Crippen LogP contribution in [-0.4, -0.2) is 53.6 Å². The molecule has 0 spiro atoms. The van der Waals surface area contributed by atoms with Crippen molar-refractivity contribution in [2.24, 2.45) is 5.92 Å². The third-order valence-electron chi connectivity index (χ3n) is 4.79. The second-order valence-electron chi connectivity index (χ2n) is 6.42. The normalized spacial score (nSPS) is 19.5. The Balaban J connectivity index is 1.40. The van der Waals surface area contributed by atoms with Crippen LogP contribution in [0.3, 0.4) is 0 Å². The Bertz CT molecular complexity index is 750. The van der Waals surface area contributed by atoms with Crippen LogP contribution in [0.25, 0.3) is 11.3 Å². The molecule has 6 nitrogen and oxygen atoms in total. The number of halogens is 1. The zero-order valence-electron chi connectivity index (χ0n) is 13.8. The van der Waals surface area contributed by atoms with Crippen LogP contribution >= 0.6 is 11.6 Å². The summed E-state index contributed by atoms with van der Waals surface area (Å²) in [6, 6.07) is 9.21. The topological polar surface area (TPSA) is 67.5 Å². The van der Waals surface area contributed by atoms with Crippen LogP contribution in [0.15, 0.2) is 30.3 Å². The van der Waals surface area contributed by atoms with Gasteiger partial charge in [0.25, 0.3) is 5.91 Å². The minimum Gasteiger partial charge on any atom is -0.350 e. The molecule has 0 aliphatic carbocycles. The number of aromatic nitrogens is 2. The van der Waals surface area contributed by atoms with Gasteiger partial charge in [-0.1, -0.05) is 23.7 Å². The summed E-state index contributed by atoms with van der Waals surface area (Å²) in [5.41, 5.74) is 2.10. The maximum absolute atomic E-state index is 12.7. The number of amides is 1. The van der Waals surface area contributed by atoms with Crippen molar-refractivity contribution in [3.05, 3.63) is 41.0 Å². The maximum atomic E-state index is 12.7. The highest BCUT2D eigenvalue weighted by Crippen LogP contribution is 2.27. The van der Waals surface area contributed by atoms with E-state index in [-0.39, 0.29) is 12.2 Å². The molecule has 4 rings (SSSR count). The van der Waals surface area contributed by atoms with E-state index >= 15 is 0 Å². The number of rotatable bonds is 3. The first-order valence-electron chi connectivity index (χ1n) is 8.54. The van der Waals surface area contributed by atoms with Crippen LogP contribution in [0.2, 0.25) is 5.02 Å². The molecule has 2 saturated heterocycles. The number of hydrogen-bond donors (Lipinski definition) is 1. The molecule has 1 aromatic carbocycles. The molecule has 0 saturated carbocycles. The van der Waals surface area contributed by atoms with Gasteiger partial charge in [-0.2, -0.15) is 5.10 Å². The minimum atomic E-state index is -0.0983. The van der Waals surface area contributed by atoms with E-state index in [1.807, 2.05) is 29.2 Å². The Morgan fingerprint density at radius 2 is 1.96 bits per heavy atom. The average molecular weight is 362 g/mol. The van der Waals surface area contributed by atoms with E-state index in [0.717, 1.165) is 18.4 Å². The number of aromatic amines is 1. The van der Waals surface area contributed by atoms with Crippen LogP contribution in [0.1, 0.15) is 23.3 Å². The fourth-order valence-corrected chi connectivity index (χ4v) is 3.61. The van der Waals surface area contributed by atoms with E-state index in [1.165, 1.54) is 0 Å². The van der Waals surface area contributed by atoms with E-state index in [2.05, 4.69) is 10.2 Å². The van der Waals surface area contributed by atoms with Gasteiger partial charge in [0.05, 0.1) is 18.9 Å². The lowest BCUT2D eigenvalue weighted by molar-refractivity contribution is -0.0956. The molecule has 2 aliphatic rings. The number of benzene rings is 1. The van der Waals surface area contributed by atoms with Gasteiger partial charge in [0.2, 0.25) is 0 Å².